The highest BCUT2D eigenvalue weighted by atomic mass is 32.1. The number of hydrogen-bond acceptors (Lipinski definition) is 5. The summed E-state index contributed by atoms with van der Waals surface area (Å²) in [5, 5.41) is 10.9. The standard InChI is InChI=1S/C14H19N3O3S/c1-9-8-21-13-15-10(5-11(18)17(9)13)6-16(7-12(19)20)14(2,3)4/h5,8H,6-7H2,1-4H3,(H,19,20). The van der Waals surface area contributed by atoms with Gasteiger partial charge in [-0.05, 0) is 27.7 Å². The molecule has 2 rings (SSSR count). The van der Waals surface area contributed by atoms with Gasteiger partial charge >= 0.3 is 5.97 Å². The Bertz CT molecular complexity index is 727. The van der Waals surface area contributed by atoms with Gasteiger partial charge in [0.1, 0.15) is 0 Å². The quantitative estimate of drug-likeness (QED) is 0.931. The first-order valence-electron chi connectivity index (χ1n) is 6.62. The van der Waals surface area contributed by atoms with Crippen molar-refractivity contribution >= 4 is 22.3 Å². The molecule has 2 aromatic rings. The van der Waals surface area contributed by atoms with Gasteiger partial charge in [0.15, 0.2) is 4.96 Å². The normalized spacial score (nSPS) is 12.2. The number of thiazole rings is 1. The third kappa shape index (κ3) is 3.48. The van der Waals surface area contributed by atoms with Gasteiger partial charge in [-0.1, -0.05) is 0 Å². The molecule has 7 heteroatoms. The van der Waals surface area contributed by atoms with Crippen molar-refractivity contribution in [3.8, 4) is 0 Å². The van der Waals surface area contributed by atoms with Gasteiger partial charge in [0.2, 0.25) is 0 Å². The maximum absolute atomic E-state index is 12.1. The summed E-state index contributed by atoms with van der Waals surface area (Å²) in [6.45, 7) is 7.93. The second-order valence-electron chi connectivity index (χ2n) is 6.00. The molecule has 6 nitrogen and oxygen atoms in total. The third-order valence-electron chi connectivity index (χ3n) is 3.26. The molecule has 1 N–H and O–H groups in total. The zero-order valence-electron chi connectivity index (χ0n) is 12.6. The SMILES string of the molecule is Cc1csc2nc(CN(CC(=O)O)C(C)(C)C)cc(=O)n12. The van der Waals surface area contributed by atoms with Crippen molar-refractivity contribution in [3.63, 3.8) is 0 Å². The maximum atomic E-state index is 12.1. The fourth-order valence-electron chi connectivity index (χ4n) is 2.07. The Kier molecular flexibility index (Phi) is 4.15. The highest BCUT2D eigenvalue weighted by molar-refractivity contribution is 7.15. The van der Waals surface area contributed by atoms with Crippen LogP contribution in [0.2, 0.25) is 0 Å². The molecule has 0 radical (unpaired) electrons. The lowest BCUT2D eigenvalue weighted by atomic mass is 10.1. The van der Waals surface area contributed by atoms with Gasteiger partial charge in [-0.2, -0.15) is 0 Å². The maximum Gasteiger partial charge on any atom is 0.317 e. The van der Waals surface area contributed by atoms with E-state index >= 15 is 0 Å². The predicted octanol–water partition coefficient (Wildman–Crippen LogP) is 1.75. The summed E-state index contributed by atoms with van der Waals surface area (Å²) < 4.78 is 1.56. The minimum absolute atomic E-state index is 0.0893. The molecular formula is C14H19N3O3S. The molecule has 114 valence electrons. The Balaban J connectivity index is 2.37. The van der Waals surface area contributed by atoms with Crippen LogP contribution in [0.3, 0.4) is 0 Å². The van der Waals surface area contributed by atoms with Crippen LogP contribution in [0.1, 0.15) is 32.2 Å². The summed E-state index contributed by atoms with van der Waals surface area (Å²) in [4.78, 5) is 30.0. The topological polar surface area (TPSA) is 74.9 Å². The smallest absolute Gasteiger partial charge is 0.317 e. The Hall–Kier alpha value is -1.73. The highest BCUT2D eigenvalue weighted by Crippen LogP contribution is 2.17. The molecule has 0 saturated heterocycles. The molecule has 0 aliphatic heterocycles. The van der Waals surface area contributed by atoms with Crippen molar-refractivity contribution in [1.29, 1.82) is 0 Å². The second kappa shape index (κ2) is 5.57. The first-order valence-corrected chi connectivity index (χ1v) is 7.50. The number of rotatable bonds is 4. The lowest BCUT2D eigenvalue weighted by Gasteiger charge is -2.33. The van der Waals surface area contributed by atoms with Gasteiger partial charge in [0, 0.05) is 29.2 Å². The lowest BCUT2D eigenvalue weighted by molar-refractivity contribution is -0.139. The van der Waals surface area contributed by atoms with Crippen molar-refractivity contribution in [1.82, 2.24) is 14.3 Å². The van der Waals surface area contributed by atoms with Crippen molar-refractivity contribution < 1.29 is 9.90 Å². The first-order chi connectivity index (χ1) is 9.68. The molecule has 0 atom stereocenters. The number of nitrogens with zero attached hydrogens (tertiary/aromatic N) is 3. The molecule has 2 aromatic heterocycles. The molecule has 0 aromatic carbocycles. The fraction of sp³-hybridized carbons (Fsp3) is 0.500. The van der Waals surface area contributed by atoms with E-state index in [-0.39, 0.29) is 17.6 Å². The van der Waals surface area contributed by atoms with Crippen molar-refractivity contribution in [3.05, 3.63) is 33.2 Å². The Morgan fingerprint density at radius 3 is 2.71 bits per heavy atom. The third-order valence-corrected chi connectivity index (χ3v) is 4.20. The van der Waals surface area contributed by atoms with E-state index in [9.17, 15) is 9.59 Å². The average Bonchev–Trinajstić information content (AvgIpc) is 2.69. The molecule has 0 spiro atoms. The van der Waals surface area contributed by atoms with Crippen LogP contribution in [0.4, 0.5) is 0 Å². The van der Waals surface area contributed by atoms with E-state index in [1.54, 1.807) is 9.30 Å². The van der Waals surface area contributed by atoms with E-state index in [2.05, 4.69) is 4.98 Å². The largest absolute Gasteiger partial charge is 0.480 e. The molecule has 2 heterocycles. The van der Waals surface area contributed by atoms with Crippen LogP contribution in [0.15, 0.2) is 16.2 Å². The van der Waals surface area contributed by atoms with Gasteiger partial charge < -0.3 is 5.11 Å². The molecule has 21 heavy (non-hydrogen) atoms. The monoisotopic (exact) mass is 309 g/mol. The van der Waals surface area contributed by atoms with Crippen LogP contribution >= 0.6 is 11.3 Å². The zero-order chi connectivity index (χ0) is 15.8. The Morgan fingerprint density at radius 2 is 2.14 bits per heavy atom. The van der Waals surface area contributed by atoms with Crippen LogP contribution in [-0.4, -0.2) is 37.4 Å². The van der Waals surface area contributed by atoms with E-state index in [0.717, 1.165) is 5.69 Å². The van der Waals surface area contributed by atoms with E-state index in [1.165, 1.54) is 17.4 Å². The highest BCUT2D eigenvalue weighted by Gasteiger charge is 2.24. The number of fused-ring (bicyclic) bond motifs is 1. The fourth-order valence-corrected chi connectivity index (χ4v) is 2.96. The second-order valence-corrected chi connectivity index (χ2v) is 6.84. The van der Waals surface area contributed by atoms with Crippen LogP contribution in [0.25, 0.3) is 4.96 Å². The van der Waals surface area contributed by atoms with Gasteiger partial charge in [-0.15, -0.1) is 11.3 Å². The number of aryl methyl sites for hydroxylation is 1. The van der Waals surface area contributed by atoms with Crippen LogP contribution in [0.5, 0.6) is 0 Å². The van der Waals surface area contributed by atoms with Crippen LogP contribution < -0.4 is 5.56 Å². The van der Waals surface area contributed by atoms with Crippen molar-refractivity contribution in [2.24, 2.45) is 0 Å². The molecule has 0 bridgehead atoms. The summed E-state index contributed by atoms with van der Waals surface area (Å²) in [7, 11) is 0. The molecule has 0 aliphatic rings. The van der Waals surface area contributed by atoms with Gasteiger partial charge in [-0.3, -0.25) is 18.9 Å². The van der Waals surface area contributed by atoms with Crippen molar-refractivity contribution in [2.45, 2.75) is 39.8 Å². The minimum Gasteiger partial charge on any atom is -0.480 e. The number of hydrogen-bond donors (Lipinski definition) is 1. The minimum atomic E-state index is -0.894. The van der Waals surface area contributed by atoms with Crippen molar-refractivity contribution in [2.75, 3.05) is 6.54 Å². The predicted molar refractivity (Wildman–Crippen MR) is 81.9 cm³/mol. The molecule has 0 saturated carbocycles. The summed E-state index contributed by atoms with van der Waals surface area (Å²) in [6, 6.07) is 1.48. The number of carboxylic acids is 1. The van der Waals surface area contributed by atoms with E-state index < -0.39 is 5.97 Å². The number of aliphatic carboxylic acids is 1. The number of carbonyl (C=O) groups is 1. The van der Waals surface area contributed by atoms with Gasteiger partial charge in [0.25, 0.3) is 5.56 Å². The molecule has 0 fully saturated rings. The number of carboxylic acid groups (broad SMARTS) is 1. The van der Waals surface area contributed by atoms with E-state index in [1.807, 2.05) is 33.1 Å². The molecule has 0 amide bonds. The summed E-state index contributed by atoms with van der Waals surface area (Å²) >= 11 is 1.41. The van der Waals surface area contributed by atoms with Gasteiger partial charge in [-0.25, -0.2) is 4.98 Å². The molecule has 0 unspecified atom stereocenters. The van der Waals surface area contributed by atoms with E-state index in [4.69, 9.17) is 5.11 Å². The number of aromatic nitrogens is 2. The Morgan fingerprint density at radius 1 is 1.48 bits per heavy atom. The lowest BCUT2D eigenvalue weighted by Crippen LogP contribution is -2.44. The molecular weight excluding hydrogens is 290 g/mol. The molecule has 0 aliphatic carbocycles. The van der Waals surface area contributed by atoms with E-state index in [0.29, 0.717) is 17.2 Å². The zero-order valence-corrected chi connectivity index (χ0v) is 13.4. The Labute approximate surface area is 126 Å². The van der Waals surface area contributed by atoms with Crippen LogP contribution in [0, 0.1) is 6.92 Å². The summed E-state index contributed by atoms with van der Waals surface area (Å²) in [6.07, 6.45) is 0. The average molecular weight is 309 g/mol. The van der Waals surface area contributed by atoms with Gasteiger partial charge in [0.05, 0.1) is 12.2 Å². The summed E-state index contributed by atoms with van der Waals surface area (Å²) in [5.41, 5.74) is 1.00. The summed E-state index contributed by atoms with van der Waals surface area (Å²) in [5.74, 6) is -0.894. The van der Waals surface area contributed by atoms with Crippen LogP contribution in [-0.2, 0) is 11.3 Å². The first kappa shape index (κ1) is 15.7.